The molecule has 46 heavy (non-hydrogen) atoms. The second-order valence-corrected chi connectivity index (χ2v) is 9.63. The summed E-state index contributed by atoms with van der Waals surface area (Å²) in [6.45, 7) is 12.6. The number of nitrogens with two attached hydrogens (primary N) is 1. The van der Waals surface area contributed by atoms with E-state index in [1.807, 2.05) is 0 Å². The Morgan fingerprint density at radius 2 is 1.76 bits per heavy atom. The molecule has 0 bridgehead atoms. The Hall–Kier alpha value is -5.87. The van der Waals surface area contributed by atoms with Crippen LogP contribution in [0.15, 0.2) is 53.3 Å². The number of alkyl halides is 3. The van der Waals surface area contributed by atoms with Crippen molar-refractivity contribution in [2.75, 3.05) is 31.1 Å². The normalized spacial score (nSPS) is 12.7. The summed E-state index contributed by atoms with van der Waals surface area (Å²) >= 11 is 0. The zero-order valence-electron chi connectivity index (χ0n) is 24.3. The van der Waals surface area contributed by atoms with Crippen molar-refractivity contribution in [1.82, 2.24) is 24.4 Å². The summed E-state index contributed by atoms with van der Waals surface area (Å²) in [5.74, 6) is 3.25. The van der Waals surface area contributed by atoms with E-state index in [1.165, 1.54) is 10.6 Å². The molecule has 2 aromatic heterocycles. The first kappa shape index (κ1) is 33.0. The van der Waals surface area contributed by atoms with Crippen LogP contribution in [0.1, 0.15) is 22.8 Å². The largest absolute Gasteiger partial charge is 0.490 e. The van der Waals surface area contributed by atoms with E-state index in [4.69, 9.17) is 31.9 Å². The van der Waals surface area contributed by atoms with Gasteiger partial charge in [0, 0.05) is 32.7 Å². The number of aliphatic carboxylic acids is 1. The van der Waals surface area contributed by atoms with Crippen molar-refractivity contribution in [3.8, 4) is 23.6 Å². The zero-order valence-corrected chi connectivity index (χ0v) is 24.3. The number of nitrogens with zero attached hydrogens (tertiary/aromatic N) is 6. The van der Waals surface area contributed by atoms with Crippen LogP contribution in [0.4, 0.5) is 24.8 Å². The van der Waals surface area contributed by atoms with Gasteiger partial charge in [-0.05, 0) is 24.6 Å². The first-order valence-corrected chi connectivity index (χ1v) is 13.6. The van der Waals surface area contributed by atoms with Crippen molar-refractivity contribution in [3.05, 3.63) is 81.4 Å². The second-order valence-electron chi connectivity index (χ2n) is 9.63. The van der Waals surface area contributed by atoms with Gasteiger partial charge in [0.25, 0.3) is 11.5 Å². The molecule has 1 aliphatic rings. The molecule has 238 valence electrons. The van der Waals surface area contributed by atoms with Crippen LogP contribution in [0.5, 0.6) is 11.8 Å². The minimum Gasteiger partial charge on any atom is -0.475 e. The number of hydrogen-bond acceptors (Lipinski definition) is 8. The van der Waals surface area contributed by atoms with E-state index >= 15 is 0 Å². The Kier molecular flexibility index (Phi) is 10.3. The lowest BCUT2D eigenvalue weighted by Gasteiger charge is -2.28. The SMILES string of the molecule is O=C(O)C(F)(F)F.[C-]#[N+]c1ccccc1Cn1c(Oc2ccccc2C(N)=O)nc2nc(N3CCNCC3)n(CC#CC)c2c1=O. The number of imidazole rings is 1. The number of carbonyl (C=O) groups excluding carboxylic acids is 1. The Bertz CT molecular complexity index is 1930. The number of anilines is 1. The van der Waals surface area contributed by atoms with Gasteiger partial charge in [-0.15, -0.1) is 5.92 Å². The van der Waals surface area contributed by atoms with Gasteiger partial charge in [-0.25, -0.2) is 9.64 Å². The maximum atomic E-state index is 14.2. The number of nitrogens with one attached hydrogen (secondary N) is 1. The van der Waals surface area contributed by atoms with Gasteiger partial charge in [0.2, 0.25) is 5.95 Å². The van der Waals surface area contributed by atoms with Gasteiger partial charge in [0.15, 0.2) is 16.9 Å². The number of rotatable bonds is 7. The Labute approximate surface area is 259 Å². The zero-order chi connectivity index (χ0) is 33.4. The predicted molar refractivity (Wildman–Crippen MR) is 161 cm³/mol. The van der Waals surface area contributed by atoms with Gasteiger partial charge in [-0.1, -0.05) is 42.3 Å². The van der Waals surface area contributed by atoms with E-state index in [2.05, 4.69) is 31.9 Å². The molecule has 4 aromatic rings. The van der Waals surface area contributed by atoms with Crippen molar-refractivity contribution in [2.24, 2.45) is 5.73 Å². The molecular weight excluding hydrogens is 609 g/mol. The molecule has 0 spiro atoms. The van der Waals surface area contributed by atoms with E-state index in [0.717, 1.165) is 13.1 Å². The van der Waals surface area contributed by atoms with E-state index in [9.17, 15) is 22.8 Å². The van der Waals surface area contributed by atoms with Crippen molar-refractivity contribution in [1.29, 1.82) is 0 Å². The maximum Gasteiger partial charge on any atom is 0.490 e. The highest BCUT2D eigenvalue weighted by atomic mass is 19.4. The maximum absolute atomic E-state index is 14.2. The first-order valence-electron chi connectivity index (χ1n) is 13.6. The van der Waals surface area contributed by atoms with Crippen LogP contribution in [0.25, 0.3) is 16.0 Å². The number of carboxylic acid groups (broad SMARTS) is 1. The lowest BCUT2D eigenvalue weighted by atomic mass is 10.2. The van der Waals surface area contributed by atoms with Gasteiger partial charge >= 0.3 is 18.2 Å². The molecule has 2 aromatic carbocycles. The van der Waals surface area contributed by atoms with Gasteiger partial charge < -0.3 is 25.8 Å². The number of aromatic nitrogens is 4. The first-order chi connectivity index (χ1) is 22.0. The van der Waals surface area contributed by atoms with Gasteiger partial charge in [0.1, 0.15) is 5.75 Å². The highest BCUT2D eigenvalue weighted by Gasteiger charge is 2.38. The van der Waals surface area contributed by atoms with Crippen molar-refractivity contribution < 1.29 is 32.6 Å². The molecule has 1 amide bonds. The highest BCUT2D eigenvalue weighted by Crippen LogP contribution is 2.28. The minimum atomic E-state index is -5.08. The second kappa shape index (κ2) is 14.3. The fourth-order valence-electron chi connectivity index (χ4n) is 4.50. The topological polar surface area (TPSA) is 162 Å². The van der Waals surface area contributed by atoms with Crippen LogP contribution in [0.2, 0.25) is 0 Å². The lowest BCUT2D eigenvalue weighted by molar-refractivity contribution is -0.192. The Morgan fingerprint density at radius 1 is 1.11 bits per heavy atom. The van der Waals surface area contributed by atoms with Crippen LogP contribution in [-0.2, 0) is 17.9 Å². The summed E-state index contributed by atoms with van der Waals surface area (Å²) in [5.41, 5.74) is 6.80. The van der Waals surface area contributed by atoms with Crippen LogP contribution >= 0.6 is 0 Å². The number of ether oxygens (including phenoxy) is 1. The molecule has 13 nitrogen and oxygen atoms in total. The summed E-state index contributed by atoms with van der Waals surface area (Å²) in [4.78, 5) is 50.2. The number of hydrogen-bond donors (Lipinski definition) is 3. The van der Waals surface area contributed by atoms with Crippen LogP contribution < -0.4 is 26.2 Å². The molecule has 5 rings (SSSR count). The molecule has 0 saturated carbocycles. The quantitative estimate of drug-likeness (QED) is 0.204. The number of piperazine rings is 1. The van der Waals surface area contributed by atoms with E-state index in [0.29, 0.717) is 30.3 Å². The van der Waals surface area contributed by atoms with Crippen molar-refractivity contribution in [2.45, 2.75) is 26.2 Å². The van der Waals surface area contributed by atoms with Gasteiger partial charge in [-0.2, -0.15) is 23.1 Å². The number of para-hydroxylation sites is 2. The number of benzene rings is 2. The van der Waals surface area contributed by atoms with E-state index in [1.54, 1.807) is 54.0 Å². The third kappa shape index (κ3) is 7.43. The average molecular weight is 637 g/mol. The molecule has 3 heterocycles. The van der Waals surface area contributed by atoms with Crippen molar-refractivity contribution >= 4 is 34.7 Å². The molecule has 1 saturated heterocycles. The third-order valence-electron chi connectivity index (χ3n) is 6.66. The summed E-state index contributed by atoms with van der Waals surface area (Å²) in [6.07, 6.45) is -5.08. The Balaban J connectivity index is 0.000000617. The third-order valence-corrected chi connectivity index (χ3v) is 6.66. The number of fused-ring (bicyclic) bond motifs is 1. The molecular formula is C30H27F3N8O5. The van der Waals surface area contributed by atoms with Gasteiger partial charge in [-0.3, -0.25) is 18.7 Å². The fourth-order valence-corrected chi connectivity index (χ4v) is 4.50. The number of carbonyl (C=O) groups is 2. The summed E-state index contributed by atoms with van der Waals surface area (Å²) < 4.78 is 41.0. The van der Waals surface area contributed by atoms with E-state index in [-0.39, 0.29) is 41.6 Å². The molecule has 4 N–H and O–H groups in total. The number of amides is 1. The van der Waals surface area contributed by atoms with Crippen LogP contribution in [-0.4, -0.2) is 68.4 Å². The molecule has 16 heteroatoms. The summed E-state index contributed by atoms with van der Waals surface area (Å²) in [6, 6.07) is 13.4. The van der Waals surface area contributed by atoms with Crippen molar-refractivity contribution in [3.63, 3.8) is 0 Å². The standard InChI is InChI=1S/C28H26N8O3.C2HF3O2/c1-3-4-15-35-23-25(32-27(35)34-16-13-31-14-17-34)33-28(39-22-12-8-6-10-20(22)24(29)37)36(26(23)38)18-19-9-5-7-11-21(19)30-2;3-2(4,5)1(6)7/h5-12,31H,13-18H2,1H3,(H2,29,37);(H,6,7). The summed E-state index contributed by atoms with van der Waals surface area (Å²) in [7, 11) is 0. The number of carboxylic acids is 1. The molecule has 0 radical (unpaired) electrons. The van der Waals surface area contributed by atoms with E-state index < -0.39 is 23.6 Å². The highest BCUT2D eigenvalue weighted by molar-refractivity contribution is 5.95. The molecule has 0 aliphatic carbocycles. The fraction of sp³-hybridized carbons (Fsp3) is 0.267. The Morgan fingerprint density at radius 3 is 2.39 bits per heavy atom. The molecule has 1 aliphatic heterocycles. The minimum absolute atomic E-state index is 0.0159. The van der Waals surface area contributed by atoms with Gasteiger partial charge in [0.05, 0.1) is 18.7 Å². The summed E-state index contributed by atoms with van der Waals surface area (Å²) in [5, 5.41) is 10.4. The molecule has 0 unspecified atom stereocenters. The average Bonchev–Trinajstić information content (AvgIpc) is 3.40. The smallest absolute Gasteiger partial charge is 0.475 e. The predicted octanol–water partition coefficient (Wildman–Crippen LogP) is 3.15. The lowest BCUT2D eigenvalue weighted by Crippen LogP contribution is -2.44. The molecule has 1 fully saturated rings. The van der Waals surface area contributed by atoms with Crippen LogP contribution in [0.3, 0.4) is 0 Å². The van der Waals surface area contributed by atoms with Crippen LogP contribution in [0, 0.1) is 18.4 Å². The number of primary amides is 1. The number of halogens is 3. The monoisotopic (exact) mass is 636 g/mol. The molecule has 0 atom stereocenters.